The molecule has 0 heterocycles. The van der Waals surface area contributed by atoms with Gasteiger partial charge in [-0.2, -0.15) is 0 Å². The van der Waals surface area contributed by atoms with Gasteiger partial charge in [-0.15, -0.1) is 0 Å². The zero-order chi connectivity index (χ0) is 82.9. The van der Waals surface area contributed by atoms with Crippen molar-refractivity contribution in [2.45, 2.75) is 484 Å². The summed E-state index contributed by atoms with van der Waals surface area (Å²) in [7, 11) is -8.62. The third-order valence-corrected chi connectivity index (χ3v) is 43.8. The van der Waals surface area contributed by atoms with Crippen molar-refractivity contribution in [3.8, 4) is 5.75 Å². The molecular formula is C96H185N3O8Si4. The molecule has 0 radical (unpaired) electrons. The molecule has 0 aliphatic rings. The quantitative estimate of drug-likeness (QED) is 0.0391. The lowest BCUT2D eigenvalue weighted by Gasteiger charge is -2.42. The molecule has 0 aliphatic carbocycles. The summed E-state index contributed by atoms with van der Waals surface area (Å²) in [6, 6.07) is 17.7. The van der Waals surface area contributed by atoms with Gasteiger partial charge in [0.25, 0.3) is 0 Å². The Hall–Kier alpha value is -2.19. The zero-order valence-corrected chi connectivity index (χ0v) is 81.9. The number of nitrogens with one attached hydrogen (secondary N) is 1. The van der Waals surface area contributed by atoms with Gasteiger partial charge < -0.3 is 32.5 Å². The molecule has 1 amide bonds. The van der Waals surface area contributed by atoms with Crippen molar-refractivity contribution in [2.75, 3.05) is 45.9 Å². The van der Waals surface area contributed by atoms with Gasteiger partial charge in [0.05, 0.1) is 31.0 Å². The number of rotatable bonds is 68. The third-order valence-electron chi connectivity index (χ3n) is 25.7. The monoisotopic (exact) mass is 1620 g/mol. The number of aryl methyl sites for hydroxylation is 1. The topological polar surface area (TPSA) is 108 Å². The van der Waals surface area contributed by atoms with E-state index in [0.717, 1.165) is 108 Å². The van der Waals surface area contributed by atoms with E-state index < -0.39 is 39.3 Å². The van der Waals surface area contributed by atoms with Gasteiger partial charge in [0.15, 0.2) is 33.3 Å². The Morgan fingerprint density at radius 2 is 0.658 bits per heavy atom. The summed E-state index contributed by atoms with van der Waals surface area (Å²) < 4.78 is 42.7. The highest BCUT2D eigenvalue weighted by Gasteiger charge is 2.44. The first-order valence-electron chi connectivity index (χ1n) is 46.7. The molecule has 0 aromatic heterocycles. The molecule has 0 spiro atoms. The van der Waals surface area contributed by atoms with Crippen molar-refractivity contribution in [1.82, 2.24) is 15.1 Å². The van der Waals surface area contributed by atoms with Crippen molar-refractivity contribution in [2.24, 2.45) is 0 Å². The molecule has 1 N–H and O–H groups in total. The van der Waals surface area contributed by atoms with Gasteiger partial charge in [-0.1, -0.05) is 359 Å². The summed E-state index contributed by atoms with van der Waals surface area (Å²) in [5.74, 6) is 0.326. The molecule has 2 rings (SSSR count). The Balaban J connectivity index is 2.68. The van der Waals surface area contributed by atoms with Crippen molar-refractivity contribution < 1.29 is 36.8 Å². The summed E-state index contributed by atoms with van der Waals surface area (Å²) >= 11 is 0. The maximum atomic E-state index is 15.0. The second kappa shape index (κ2) is 57.1. The molecule has 111 heavy (non-hydrogen) atoms. The lowest BCUT2D eigenvalue weighted by molar-refractivity contribution is -0.148. The molecule has 5 atom stereocenters. The molecule has 2 aromatic carbocycles. The first kappa shape index (κ1) is 105. The van der Waals surface area contributed by atoms with Gasteiger partial charge in [-0.3, -0.25) is 14.6 Å². The minimum Gasteiger partial charge on any atom is -0.489 e. The molecule has 0 saturated heterocycles. The van der Waals surface area contributed by atoms with Crippen LogP contribution in [0.1, 0.15) is 379 Å². The van der Waals surface area contributed by atoms with Crippen LogP contribution in [0.2, 0.25) is 72.5 Å². The van der Waals surface area contributed by atoms with E-state index in [0.29, 0.717) is 38.7 Å². The Morgan fingerprint density at radius 1 is 0.360 bits per heavy atom. The van der Waals surface area contributed by atoms with Gasteiger partial charge >= 0.3 is 5.97 Å². The number of amides is 1. The van der Waals surface area contributed by atoms with E-state index in [4.69, 9.17) is 27.2 Å². The number of carbonyl (C=O) groups is 2. The Kier molecular flexibility index (Phi) is 53.9. The van der Waals surface area contributed by atoms with Crippen LogP contribution in [0.15, 0.2) is 54.6 Å². The van der Waals surface area contributed by atoms with E-state index >= 15 is 4.79 Å². The Bertz CT molecular complexity index is 2510. The Labute approximate surface area is 693 Å². The lowest BCUT2D eigenvalue weighted by Crippen LogP contribution is -2.50. The van der Waals surface area contributed by atoms with Gasteiger partial charge in [0, 0.05) is 39.1 Å². The second-order valence-electron chi connectivity index (χ2n) is 40.3. The number of esters is 1. The van der Waals surface area contributed by atoms with Crippen LogP contribution < -0.4 is 10.1 Å². The number of unbranched alkanes of at least 4 members (excludes halogenated alkanes) is 28. The van der Waals surface area contributed by atoms with Crippen LogP contribution in [0, 0.1) is 0 Å². The maximum absolute atomic E-state index is 15.0. The molecule has 15 heteroatoms. The van der Waals surface area contributed by atoms with Crippen molar-refractivity contribution >= 4 is 45.1 Å². The highest BCUT2D eigenvalue weighted by atomic mass is 28.4. The van der Waals surface area contributed by atoms with Gasteiger partial charge in [-0.05, 0) is 154 Å². The largest absolute Gasteiger partial charge is 0.489 e. The summed E-state index contributed by atoms with van der Waals surface area (Å²) in [6.45, 7) is 62.5. The third kappa shape index (κ3) is 47.9. The van der Waals surface area contributed by atoms with Crippen LogP contribution in [-0.4, -0.2) is 131 Å². The van der Waals surface area contributed by atoms with Crippen LogP contribution in [-0.2, 0) is 45.1 Å². The fourth-order valence-corrected chi connectivity index (χ4v) is 19.7. The highest BCUT2D eigenvalue weighted by Crippen LogP contribution is 2.42. The van der Waals surface area contributed by atoms with Gasteiger partial charge in [0.2, 0.25) is 5.91 Å². The number of benzene rings is 2. The average molecular weight is 1620 g/mol. The molecule has 0 bridgehead atoms. The number of hydrogen-bond acceptors (Lipinski definition) is 10. The van der Waals surface area contributed by atoms with E-state index in [2.05, 4.69) is 203 Å². The molecule has 4 unspecified atom stereocenters. The van der Waals surface area contributed by atoms with Crippen molar-refractivity contribution in [3.63, 3.8) is 0 Å². The van der Waals surface area contributed by atoms with E-state index in [9.17, 15) is 4.79 Å². The maximum Gasteiger partial charge on any atom is 0.328 e. The molecular weight excluding hydrogens is 1440 g/mol. The van der Waals surface area contributed by atoms with E-state index in [1.165, 1.54) is 180 Å². The summed E-state index contributed by atoms with van der Waals surface area (Å²) in [5, 5.41) is 3.61. The first-order chi connectivity index (χ1) is 52.3. The van der Waals surface area contributed by atoms with Crippen molar-refractivity contribution in [3.05, 3.63) is 65.7 Å². The fraction of sp³-hybridized carbons (Fsp3) is 0.854. The second-order valence-corrected chi connectivity index (χ2v) is 59.3. The Morgan fingerprint density at radius 3 is 0.964 bits per heavy atom. The molecule has 2 aromatic rings. The molecule has 648 valence electrons. The molecule has 11 nitrogen and oxygen atoms in total. The minimum absolute atomic E-state index is 0.0715. The van der Waals surface area contributed by atoms with Crippen LogP contribution in [0.3, 0.4) is 0 Å². The normalized spacial score (nSPS) is 14.5. The van der Waals surface area contributed by atoms with Gasteiger partial charge in [0.1, 0.15) is 18.4 Å². The number of nitrogens with zero attached hydrogens (tertiary/aromatic N) is 2. The predicted molar refractivity (Wildman–Crippen MR) is 492 cm³/mol. The van der Waals surface area contributed by atoms with E-state index in [1.807, 2.05) is 30.3 Å². The minimum atomic E-state index is -2.16. The standard InChI is InChI=1S/C96H185N3O8Si4/c1-25-29-33-37-41-45-49-56-64-86(104-108(17,18)93(5,6)7)78-98(79-87(105-109(19,20)94(8,9)10)65-57-50-46-42-38-34-30-26-2)75-60-68-91(100)97-90(74-71-83-69-72-85(73-70-83)103-82-84-62-54-53-55-63-84)92(101)102-77-61-76-99(80-88(106-110(21,22)95(11,12)13)66-58-51-47-43-39-35-31-27-3)81-89(107-111(23,24)96(14,15)16)67-59-52-48-44-40-36-32-28-4/h53-55,62-63,69-70,72-73,86-90H,25-52,56-61,64-68,71,74-82H2,1-24H3,(H,97,100)/t86?,87?,88?,89?,90-/m0/s1. The van der Waals surface area contributed by atoms with Crippen molar-refractivity contribution in [1.29, 1.82) is 0 Å². The van der Waals surface area contributed by atoms with Gasteiger partial charge in [-0.25, -0.2) is 4.79 Å². The zero-order valence-electron chi connectivity index (χ0n) is 77.9. The number of hydrogen-bond donors (Lipinski definition) is 1. The molecule has 0 aliphatic heterocycles. The van der Waals surface area contributed by atoms with E-state index in [1.54, 1.807) is 0 Å². The molecule has 0 saturated carbocycles. The number of ether oxygens (including phenoxy) is 2. The van der Waals surface area contributed by atoms with E-state index in [-0.39, 0.29) is 63.1 Å². The predicted octanol–water partition coefficient (Wildman–Crippen LogP) is 28.7. The SMILES string of the molecule is CCCCCCCCCCC(CN(CCCOC(=O)[C@H](CCc1ccc(OCc2ccccc2)cc1)NC(=O)CCCN(CC(CCCCCCCCCC)O[Si](C)(C)C(C)(C)C)CC(CCCCCCCCCC)O[Si](C)(C)C(C)(C)C)CC(CCCCCCCCCC)O[Si](C)(C)C(C)(C)C)O[Si](C)(C)C(C)(C)C. The molecule has 0 fully saturated rings. The summed E-state index contributed by atoms with van der Waals surface area (Å²) in [6.07, 6.45) is 48.2. The number of carbonyl (C=O) groups excluding carboxylic acids is 2. The fourth-order valence-electron chi connectivity index (χ4n) is 14.2. The lowest BCUT2D eigenvalue weighted by atomic mass is 10.0. The van der Waals surface area contributed by atoms with Crippen LogP contribution >= 0.6 is 0 Å². The summed E-state index contributed by atoms with van der Waals surface area (Å²) in [5.41, 5.74) is 2.19. The summed E-state index contributed by atoms with van der Waals surface area (Å²) in [4.78, 5) is 35.1. The smallest absolute Gasteiger partial charge is 0.328 e. The average Bonchev–Trinajstić information content (AvgIpc) is 0.837. The highest BCUT2D eigenvalue weighted by molar-refractivity contribution is 6.75. The first-order valence-corrected chi connectivity index (χ1v) is 58.3. The van der Waals surface area contributed by atoms with Crippen LogP contribution in [0.25, 0.3) is 0 Å². The van der Waals surface area contributed by atoms with Crippen LogP contribution in [0.5, 0.6) is 5.75 Å². The van der Waals surface area contributed by atoms with Crippen LogP contribution in [0.4, 0.5) is 0 Å².